The molecular weight excluding hydrogens is 743 g/mol. The summed E-state index contributed by atoms with van der Waals surface area (Å²) in [5, 5.41) is 8.20. The van der Waals surface area contributed by atoms with Crippen LogP contribution < -0.4 is 0 Å². The van der Waals surface area contributed by atoms with Gasteiger partial charge >= 0.3 is 0 Å². The second kappa shape index (κ2) is 13.2. The first-order valence-electron chi connectivity index (χ1n) is 20.8. The molecule has 0 saturated carbocycles. The van der Waals surface area contributed by atoms with Gasteiger partial charge in [-0.15, -0.1) is 0 Å². The van der Waals surface area contributed by atoms with Crippen LogP contribution in [0.25, 0.3) is 121 Å². The lowest BCUT2D eigenvalue weighted by atomic mass is 9.96. The predicted molar refractivity (Wildman–Crippen MR) is 254 cm³/mol. The van der Waals surface area contributed by atoms with E-state index in [0.29, 0.717) is 0 Å². The second-order valence-electron chi connectivity index (χ2n) is 15.9. The molecule has 0 aliphatic carbocycles. The summed E-state index contributed by atoms with van der Waals surface area (Å²) in [5.74, 6) is 0.898. The van der Waals surface area contributed by atoms with Gasteiger partial charge in [-0.3, -0.25) is 4.57 Å². The van der Waals surface area contributed by atoms with Gasteiger partial charge in [0.05, 0.1) is 27.6 Å². The number of aromatic nitrogens is 3. The van der Waals surface area contributed by atoms with E-state index in [0.717, 1.165) is 72.1 Å². The lowest BCUT2D eigenvalue weighted by molar-refractivity contribution is 0.669. The molecule has 284 valence electrons. The van der Waals surface area contributed by atoms with Gasteiger partial charge in [-0.05, 0) is 112 Å². The molecule has 0 unspecified atom stereocenters. The first kappa shape index (κ1) is 33.7. The van der Waals surface area contributed by atoms with Crippen LogP contribution >= 0.6 is 0 Å². The highest BCUT2D eigenvalue weighted by Gasteiger charge is 2.20. The van der Waals surface area contributed by atoms with E-state index >= 15 is 0 Å². The molecule has 0 saturated heterocycles. The lowest BCUT2D eigenvalue weighted by Crippen LogP contribution is -1.99. The number of furan rings is 1. The lowest BCUT2D eigenvalue weighted by Gasteiger charge is -2.13. The summed E-state index contributed by atoms with van der Waals surface area (Å²) < 4.78 is 11.3. The molecule has 13 aromatic rings. The average Bonchev–Trinajstić information content (AvgIpc) is 3.99. The monoisotopic (exact) mass is 777 g/mol. The number of hydrogen-bond acceptors (Lipinski definition) is 2. The molecule has 0 N–H and O–H groups in total. The van der Waals surface area contributed by atoms with E-state index < -0.39 is 0 Å². The fourth-order valence-corrected chi connectivity index (χ4v) is 9.77. The molecule has 4 heterocycles. The summed E-state index contributed by atoms with van der Waals surface area (Å²) in [4.78, 5) is 5.28. The van der Waals surface area contributed by atoms with Gasteiger partial charge in [0.15, 0.2) is 0 Å². The Morgan fingerprint density at radius 1 is 0.328 bits per heavy atom. The molecule has 13 rings (SSSR count). The van der Waals surface area contributed by atoms with Crippen molar-refractivity contribution in [1.29, 1.82) is 0 Å². The van der Waals surface area contributed by atoms with Crippen molar-refractivity contribution in [3.63, 3.8) is 0 Å². The molecule has 4 aromatic heterocycles. The second-order valence-corrected chi connectivity index (χ2v) is 15.9. The number of fused-ring (bicyclic) bond motifs is 10. The maximum atomic E-state index is 6.57. The summed E-state index contributed by atoms with van der Waals surface area (Å²) in [6, 6.07) is 76.1. The number of pyridine rings is 1. The minimum absolute atomic E-state index is 0.877. The molecule has 0 aliphatic heterocycles. The van der Waals surface area contributed by atoms with Gasteiger partial charge in [0.1, 0.15) is 17.0 Å². The Balaban J connectivity index is 0.974. The van der Waals surface area contributed by atoms with Gasteiger partial charge in [-0.1, -0.05) is 133 Å². The van der Waals surface area contributed by atoms with Gasteiger partial charge < -0.3 is 8.98 Å². The minimum Gasteiger partial charge on any atom is -0.456 e. The van der Waals surface area contributed by atoms with Crippen LogP contribution in [0.2, 0.25) is 0 Å². The van der Waals surface area contributed by atoms with Crippen molar-refractivity contribution in [2.24, 2.45) is 0 Å². The highest BCUT2D eigenvalue weighted by Crippen LogP contribution is 2.42. The molecule has 9 aromatic carbocycles. The topological polar surface area (TPSA) is 35.9 Å². The van der Waals surface area contributed by atoms with Crippen LogP contribution in [0, 0.1) is 0 Å². The van der Waals surface area contributed by atoms with Crippen molar-refractivity contribution in [1.82, 2.24) is 14.1 Å². The third-order valence-electron chi connectivity index (χ3n) is 12.5. The normalized spacial score (nSPS) is 11.9. The molecule has 0 amide bonds. The maximum absolute atomic E-state index is 6.57. The number of rotatable bonds is 5. The van der Waals surface area contributed by atoms with Crippen molar-refractivity contribution >= 4 is 76.5 Å². The molecule has 0 spiro atoms. The highest BCUT2D eigenvalue weighted by atomic mass is 16.3. The van der Waals surface area contributed by atoms with Gasteiger partial charge in [0, 0.05) is 43.4 Å². The smallest absolute Gasteiger partial charge is 0.138 e. The summed E-state index contributed by atoms with van der Waals surface area (Å²) in [6.07, 6.45) is 0. The van der Waals surface area contributed by atoms with Gasteiger partial charge in [0.2, 0.25) is 0 Å². The quantitative estimate of drug-likeness (QED) is 0.174. The van der Waals surface area contributed by atoms with E-state index in [-0.39, 0.29) is 0 Å². The molecule has 4 nitrogen and oxygen atoms in total. The molecule has 0 radical (unpaired) electrons. The summed E-state index contributed by atoms with van der Waals surface area (Å²) in [6.45, 7) is 0. The Kier molecular flexibility index (Phi) is 7.27. The molecule has 0 aliphatic rings. The van der Waals surface area contributed by atoms with Crippen LogP contribution in [0.5, 0.6) is 0 Å². The Morgan fingerprint density at radius 2 is 0.902 bits per heavy atom. The zero-order valence-electron chi connectivity index (χ0n) is 33.0. The van der Waals surface area contributed by atoms with Gasteiger partial charge in [-0.25, -0.2) is 4.98 Å². The Hall–Kier alpha value is -8.21. The predicted octanol–water partition coefficient (Wildman–Crippen LogP) is 15.3. The van der Waals surface area contributed by atoms with Crippen LogP contribution in [0.4, 0.5) is 0 Å². The third-order valence-corrected chi connectivity index (χ3v) is 12.5. The Labute approximate surface area is 350 Å². The molecule has 4 heteroatoms. The van der Waals surface area contributed by atoms with E-state index in [4.69, 9.17) is 9.40 Å². The summed E-state index contributed by atoms with van der Waals surface area (Å²) in [7, 11) is 0. The minimum atomic E-state index is 0.877. The van der Waals surface area contributed by atoms with Crippen molar-refractivity contribution < 1.29 is 4.42 Å². The van der Waals surface area contributed by atoms with E-state index in [1.165, 1.54) is 49.3 Å². The van der Waals surface area contributed by atoms with Crippen molar-refractivity contribution in [3.05, 3.63) is 212 Å². The van der Waals surface area contributed by atoms with E-state index in [2.05, 4.69) is 221 Å². The zero-order valence-corrected chi connectivity index (χ0v) is 33.0. The van der Waals surface area contributed by atoms with Gasteiger partial charge in [0.25, 0.3) is 0 Å². The summed E-state index contributed by atoms with van der Waals surface area (Å²) >= 11 is 0. The first-order valence-corrected chi connectivity index (χ1v) is 20.8. The SMILES string of the molecule is c1ccc(-c2cc(-n3c4ccccc4c4cc(-c5cccc6oc7ccc(-c8ccc9c(c8)c8ccccc8n9-c8ccccc8)cc7c56)ccc43)nc3ccccc23)cc1. The largest absolute Gasteiger partial charge is 0.456 e. The summed E-state index contributed by atoms with van der Waals surface area (Å²) in [5.41, 5.74) is 15.5. The van der Waals surface area contributed by atoms with E-state index in [1.54, 1.807) is 0 Å². The number of hydrogen-bond donors (Lipinski definition) is 0. The third kappa shape index (κ3) is 5.16. The fraction of sp³-hybridized carbons (Fsp3) is 0. The maximum Gasteiger partial charge on any atom is 0.138 e. The van der Waals surface area contributed by atoms with Crippen LogP contribution in [0.15, 0.2) is 217 Å². The number of benzene rings is 9. The Morgan fingerprint density at radius 3 is 1.67 bits per heavy atom. The molecular formula is C57H35N3O. The zero-order chi connectivity index (χ0) is 40.0. The Bertz CT molecular complexity index is 3870. The van der Waals surface area contributed by atoms with Crippen LogP contribution in [0.1, 0.15) is 0 Å². The highest BCUT2D eigenvalue weighted by molar-refractivity contribution is 6.16. The van der Waals surface area contributed by atoms with E-state index in [1.807, 2.05) is 0 Å². The molecule has 0 atom stereocenters. The van der Waals surface area contributed by atoms with Crippen LogP contribution in [-0.4, -0.2) is 14.1 Å². The number of nitrogens with zero attached hydrogens (tertiary/aromatic N) is 3. The first-order chi connectivity index (χ1) is 30.2. The molecule has 0 fully saturated rings. The average molecular weight is 778 g/mol. The fourth-order valence-electron chi connectivity index (χ4n) is 9.77. The van der Waals surface area contributed by atoms with Gasteiger partial charge in [-0.2, -0.15) is 0 Å². The van der Waals surface area contributed by atoms with Crippen LogP contribution in [0.3, 0.4) is 0 Å². The molecule has 0 bridgehead atoms. The standard InChI is InChI=1S/C57H35N3O/c1-3-14-36(15-4-1)45-35-56(58-49-22-10-7-18-42(45)49)60-51-24-12-9-20-44(51)47-34-39(27-30-53(47)60)41-21-13-25-55-57(41)48-33-38(28-31-54(48)61-55)37-26-29-52-46(32-37)43-19-8-11-23-50(43)59(52)40-16-5-2-6-17-40/h1-35H. The van der Waals surface area contributed by atoms with Crippen molar-refractivity contribution in [3.8, 4) is 44.9 Å². The van der Waals surface area contributed by atoms with Crippen molar-refractivity contribution in [2.75, 3.05) is 0 Å². The van der Waals surface area contributed by atoms with Crippen molar-refractivity contribution in [2.45, 2.75) is 0 Å². The number of para-hydroxylation sites is 4. The molecule has 61 heavy (non-hydrogen) atoms. The van der Waals surface area contributed by atoms with E-state index in [9.17, 15) is 0 Å². The van der Waals surface area contributed by atoms with Crippen LogP contribution in [-0.2, 0) is 0 Å².